The Bertz CT molecular complexity index is 1250. The maximum atomic E-state index is 12.7. The Hall–Kier alpha value is -2.54. The normalized spacial score (nSPS) is 18.3. The van der Waals surface area contributed by atoms with Crippen LogP contribution in [-0.2, 0) is 14.9 Å². The van der Waals surface area contributed by atoms with Crippen molar-refractivity contribution in [1.82, 2.24) is 14.9 Å². The monoisotopic (exact) mass is 522 g/mol. The summed E-state index contributed by atoms with van der Waals surface area (Å²) in [5, 5.41) is 0.569. The van der Waals surface area contributed by atoms with E-state index >= 15 is 0 Å². The summed E-state index contributed by atoms with van der Waals surface area (Å²) in [5.41, 5.74) is -6.05. The maximum Gasteiger partial charge on any atom is 0.534 e. The van der Waals surface area contributed by atoms with Crippen molar-refractivity contribution in [3.8, 4) is 5.88 Å². The quantitative estimate of drug-likeness (QED) is 0.438. The molecule has 0 atom stereocenters. The molecule has 1 spiro atoms. The lowest BCUT2D eigenvalue weighted by Gasteiger charge is -2.43. The molecule has 14 heteroatoms. The first-order valence-electron chi connectivity index (χ1n) is 10.3. The molecule has 0 unspecified atom stereocenters. The van der Waals surface area contributed by atoms with Gasteiger partial charge in [-0.3, -0.25) is 4.90 Å². The predicted molar refractivity (Wildman–Crippen MR) is 117 cm³/mol. The zero-order valence-electron chi connectivity index (χ0n) is 18.5. The molecule has 0 radical (unpaired) electrons. The number of hydrogen-bond acceptors (Lipinski definition) is 8. The van der Waals surface area contributed by atoms with Crippen LogP contribution in [0.2, 0.25) is 5.02 Å². The highest BCUT2D eigenvalue weighted by Gasteiger charge is 2.54. The zero-order valence-corrected chi connectivity index (χ0v) is 20.1. The SMILES string of the molecule is CC(C)(C)OC(=O)N1CCN(c2cnc3nc(OS(=O)(=O)C(F)(F)F)ccc3c2Cl)CC12CC2. The highest BCUT2D eigenvalue weighted by Crippen LogP contribution is 2.46. The number of pyridine rings is 2. The van der Waals surface area contributed by atoms with Gasteiger partial charge in [-0.2, -0.15) is 26.6 Å². The topological polar surface area (TPSA) is 102 Å². The van der Waals surface area contributed by atoms with Gasteiger partial charge in [-0.05, 0) is 39.7 Å². The van der Waals surface area contributed by atoms with Crippen LogP contribution in [0, 0.1) is 0 Å². The zero-order chi connectivity index (χ0) is 25.1. The molecule has 1 saturated heterocycles. The molecule has 4 rings (SSSR count). The van der Waals surface area contributed by atoms with Crippen LogP contribution in [0.1, 0.15) is 33.6 Å². The smallest absolute Gasteiger partial charge is 0.444 e. The molecule has 2 fully saturated rings. The molecule has 2 aromatic rings. The van der Waals surface area contributed by atoms with E-state index in [4.69, 9.17) is 16.3 Å². The molecule has 1 aliphatic carbocycles. The lowest BCUT2D eigenvalue weighted by atomic mass is 10.1. The molecule has 1 aliphatic heterocycles. The Balaban J connectivity index is 1.56. The Labute approximate surface area is 198 Å². The van der Waals surface area contributed by atoms with Gasteiger partial charge in [0.1, 0.15) is 5.60 Å². The molecule has 1 amide bonds. The fraction of sp³-hybridized carbons (Fsp3) is 0.550. The van der Waals surface area contributed by atoms with Gasteiger partial charge in [0.05, 0.1) is 22.4 Å². The average molecular weight is 523 g/mol. The number of rotatable bonds is 3. The molecule has 1 saturated carbocycles. The number of halogens is 4. The Morgan fingerprint density at radius 2 is 1.85 bits per heavy atom. The van der Waals surface area contributed by atoms with Gasteiger partial charge in [-0.25, -0.2) is 9.78 Å². The van der Waals surface area contributed by atoms with Gasteiger partial charge in [0, 0.05) is 31.1 Å². The molecule has 0 aromatic carbocycles. The summed E-state index contributed by atoms with van der Waals surface area (Å²) in [7, 11) is -5.86. The largest absolute Gasteiger partial charge is 0.534 e. The van der Waals surface area contributed by atoms with Crippen LogP contribution in [0.5, 0.6) is 5.88 Å². The Morgan fingerprint density at radius 3 is 2.44 bits per heavy atom. The summed E-state index contributed by atoms with van der Waals surface area (Å²) >= 11 is 6.57. The lowest BCUT2D eigenvalue weighted by molar-refractivity contribution is -0.0501. The molecule has 2 aromatic heterocycles. The number of aromatic nitrogens is 2. The average Bonchev–Trinajstić information content (AvgIpc) is 3.44. The second-order valence-corrected chi connectivity index (χ2v) is 11.2. The van der Waals surface area contributed by atoms with Crippen molar-refractivity contribution in [2.24, 2.45) is 0 Å². The van der Waals surface area contributed by atoms with Gasteiger partial charge in [0.15, 0.2) is 5.65 Å². The van der Waals surface area contributed by atoms with Crippen molar-refractivity contribution >= 4 is 44.5 Å². The second-order valence-electron chi connectivity index (χ2n) is 9.24. The van der Waals surface area contributed by atoms with E-state index in [0.717, 1.165) is 18.9 Å². The first-order valence-corrected chi connectivity index (χ1v) is 12.1. The molecular weight excluding hydrogens is 501 g/mol. The Kier molecular flexibility index (Phi) is 5.79. The van der Waals surface area contributed by atoms with Crippen LogP contribution < -0.4 is 9.08 Å². The van der Waals surface area contributed by atoms with E-state index in [9.17, 15) is 26.4 Å². The standard InChI is InChI=1S/C20H22ClF3N4O5S/c1-18(2,3)32-17(29)28-9-8-27(11-19(28)6-7-19)13-10-25-16-12(15(13)21)4-5-14(26-16)33-34(30,31)20(22,23)24/h4-5,10H,6-9,11H2,1-3H3. The number of piperazine rings is 1. The maximum absolute atomic E-state index is 12.7. The van der Waals surface area contributed by atoms with Crippen molar-refractivity contribution in [3.63, 3.8) is 0 Å². The van der Waals surface area contributed by atoms with Crippen LogP contribution in [0.4, 0.5) is 23.7 Å². The minimum atomic E-state index is -5.86. The van der Waals surface area contributed by atoms with E-state index in [1.54, 1.807) is 4.90 Å². The van der Waals surface area contributed by atoms with Gasteiger partial charge >= 0.3 is 21.7 Å². The van der Waals surface area contributed by atoms with Gasteiger partial charge in [0.25, 0.3) is 0 Å². The number of amides is 1. The molecule has 9 nitrogen and oxygen atoms in total. The van der Waals surface area contributed by atoms with Crippen molar-refractivity contribution in [1.29, 1.82) is 0 Å². The van der Waals surface area contributed by atoms with Gasteiger partial charge < -0.3 is 13.8 Å². The summed E-state index contributed by atoms with van der Waals surface area (Å²) in [6, 6.07) is 2.28. The lowest BCUT2D eigenvalue weighted by Crippen LogP contribution is -2.58. The fourth-order valence-corrected chi connectivity index (χ4v) is 4.53. The van der Waals surface area contributed by atoms with Crippen LogP contribution in [-0.4, -0.2) is 65.7 Å². The van der Waals surface area contributed by atoms with Crippen LogP contribution >= 0.6 is 11.6 Å². The number of anilines is 1. The molecule has 2 aliphatic rings. The highest BCUT2D eigenvalue weighted by atomic mass is 35.5. The van der Waals surface area contributed by atoms with Crippen molar-refractivity contribution in [2.45, 2.75) is 50.3 Å². The van der Waals surface area contributed by atoms with Crippen molar-refractivity contribution in [2.75, 3.05) is 24.5 Å². The van der Waals surface area contributed by atoms with Gasteiger partial charge in [-0.1, -0.05) is 11.6 Å². The summed E-state index contributed by atoms with van der Waals surface area (Å²) in [4.78, 5) is 24.3. The van der Waals surface area contributed by atoms with E-state index < -0.39 is 27.1 Å². The summed E-state index contributed by atoms with van der Waals surface area (Å²) in [6.45, 7) is 6.83. The van der Waals surface area contributed by atoms with E-state index in [1.807, 2.05) is 25.7 Å². The minimum Gasteiger partial charge on any atom is -0.444 e. The summed E-state index contributed by atoms with van der Waals surface area (Å²) in [5.74, 6) is -0.774. The number of nitrogens with zero attached hydrogens (tertiary/aromatic N) is 4. The Morgan fingerprint density at radius 1 is 1.18 bits per heavy atom. The summed E-state index contributed by atoms with van der Waals surface area (Å²) in [6.07, 6.45) is 2.69. The molecule has 0 bridgehead atoms. The minimum absolute atomic E-state index is 0.0721. The molecule has 34 heavy (non-hydrogen) atoms. The first-order chi connectivity index (χ1) is 15.6. The number of carbonyl (C=O) groups excluding carboxylic acids is 1. The fourth-order valence-electron chi connectivity index (χ4n) is 3.80. The number of carbonyl (C=O) groups is 1. The highest BCUT2D eigenvalue weighted by molar-refractivity contribution is 7.87. The number of ether oxygens (including phenoxy) is 1. The van der Waals surface area contributed by atoms with Gasteiger partial charge in [-0.15, -0.1) is 0 Å². The van der Waals surface area contributed by atoms with Crippen molar-refractivity contribution in [3.05, 3.63) is 23.4 Å². The van der Waals surface area contributed by atoms with Gasteiger partial charge in [0.2, 0.25) is 5.88 Å². The number of alkyl halides is 3. The predicted octanol–water partition coefficient (Wildman–Crippen LogP) is 4.10. The van der Waals surface area contributed by atoms with E-state index in [1.165, 1.54) is 12.3 Å². The third-order valence-electron chi connectivity index (χ3n) is 5.53. The van der Waals surface area contributed by atoms with E-state index in [2.05, 4.69) is 14.2 Å². The van der Waals surface area contributed by atoms with E-state index in [-0.39, 0.29) is 22.3 Å². The number of fused-ring (bicyclic) bond motifs is 1. The van der Waals surface area contributed by atoms with Crippen LogP contribution in [0.25, 0.3) is 11.0 Å². The van der Waals surface area contributed by atoms with Crippen molar-refractivity contribution < 1.29 is 35.3 Å². The third-order valence-corrected chi connectivity index (χ3v) is 6.89. The molecule has 186 valence electrons. The second kappa shape index (κ2) is 8.01. The molecule has 3 heterocycles. The number of hydrogen-bond donors (Lipinski definition) is 0. The van der Waals surface area contributed by atoms with Crippen LogP contribution in [0.15, 0.2) is 18.3 Å². The first kappa shape index (κ1) is 24.6. The summed E-state index contributed by atoms with van der Waals surface area (Å²) < 4.78 is 69.7. The molecular formula is C20H22ClF3N4O5S. The van der Waals surface area contributed by atoms with E-state index in [0.29, 0.717) is 30.7 Å². The third kappa shape index (κ3) is 4.67. The van der Waals surface area contributed by atoms with Crippen LogP contribution in [0.3, 0.4) is 0 Å². The molecule has 0 N–H and O–H groups in total.